The fourth-order valence-electron chi connectivity index (χ4n) is 6.05. The first-order valence-electron chi connectivity index (χ1n) is 13.4. The highest BCUT2D eigenvalue weighted by atomic mass is 16.3. The minimum atomic E-state index is -0.154. The lowest BCUT2D eigenvalue weighted by atomic mass is 9.82. The zero-order chi connectivity index (χ0) is 26.8. The minimum absolute atomic E-state index is 0.154. The third kappa shape index (κ3) is 3.34. The van der Waals surface area contributed by atoms with Crippen LogP contribution in [0.15, 0.2) is 114 Å². The van der Waals surface area contributed by atoms with E-state index >= 15 is 0 Å². The molecule has 8 rings (SSSR count). The van der Waals surface area contributed by atoms with Crippen molar-refractivity contribution in [2.75, 3.05) is 0 Å². The van der Waals surface area contributed by atoms with Crippen LogP contribution in [0.25, 0.3) is 67.4 Å². The van der Waals surface area contributed by atoms with E-state index in [1.165, 1.54) is 22.3 Å². The smallest absolute Gasteiger partial charge is 0.182 e. The lowest BCUT2D eigenvalue weighted by Crippen LogP contribution is -2.15. The summed E-state index contributed by atoms with van der Waals surface area (Å²) >= 11 is 0. The van der Waals surface area contributed by atoms with Crippen molar-refractivity contribution in [3.8, 4) is 45.4 Å². The van der Waals surface area contributed by atoms with Gasteiger partial charge in [0.15, 0.2) is 17.5 Å². The summed E-state index contributed by atoms with van der Waals surface area (Å²) in [5.74, 6) is 1.72. The van der Waals surface area contributed by atoms with Crippen LogP contribution in [0.4, 0.5) is 0 Å². The molecule has 0 bridgehead atoms. The van der Waals surface area contributed by atoms with Crippen LogP contribution in [0.3, 0.4) is 0 Å². The molecule has 0 saturated heterocycles. The van der Waals surface area contributed by atoms with Crippen LogP contribution in [-0.2, 0) is 5.41 Å². The Kier molecular flexibility index (Phi) is 4.80. The zero-order valence-electron chi connectivity index (χ0n) is 22.1. The Balaban J connectivity index is 1.32. The van der Waals surface area contributed by atoms with E-state index < -0.39 is 0 Å². The quantitative estimate of drug-likeness (QED) is 0.236. The Bertz CT molecular complexity index is 2020. The number of fused-ring (bicyclic) bond motifs is 7. The normalized spacial score (nSPS) is 13.4. The summed E-state index contributed by atoms with van der Waals surface area (Å²) in [7, 11) is 0. The van der Waals surface area contributed by atoms with Gasteiger partial charge < -0.3 is 4.42 Å². The number of rotatable bonds is 3. The summed E-state index contributed by atoms with van der Waals surface area (Å²) in [5, 5.41) is 2.20. The molecule has 0 unspecified atom stereocenters. The fourth-order valence-corrected chi connectivity index (χ4v) is 6.05. The molecule has 5 nitrogen and oxygen atoms in total. The van der Waals surface area contributed by atoms with Crippen LogP contribution in [0.1, 0.15) is 25.0 Å². The first-order valence-corrected chi connectivity index (χ1v) is 13.4. The van der Waals surface area contributed by atoms with E-state index in [0.717, 1.165) is 33.1 Å². The lowest BCUT2D eigenvalue weighted by Gasteiger charge is -2.21. The molecule has 40 heavy (non-hydrogen) atoms. The number of nitrogens with zero attached hydrogens (tertiary/aromatic N) is 4. The Labute approximate surface area is 231 Å². The fraction of sp³-hybridized carbons (Fsp3) is 0.0857. The van der Waals surface area contributed by atoms with E-state index in [0.29, 0.717) is 23.2 Å². The Hall–Kier alpha value is -5.16. The van der Waals surface area contributed by atoms with Crippen LogP contribution in [0.5, 0.6) is 0 Å². The molecule has 0 fully saturated rings. The van der Waals surface area contributed by atoms with Crippen molar-refractivity contribution in [3.05, 3.63) is 120 Å². The predicted molar refractivity (Wildman–Crippen MR) is 159 cm³/mol. The SMILES string of the molecule is CC1(C)c2ccccc2-c2ccc3c(oc4cc(-c5nc(-c6ccccc6)nc(-c6ccccn6)n5)ccc43)c21. The summed E-state index contributed by atoms with van der Waals surface area (Å²) in [6, 6.07) is 35.0. The maximum atomic E-state index is 6.67. The van der Waals surface area contributed by atoms with Crippen LogP contribution in [0.2, 0.25) is 0 Å². The average Bonchev–Trinajstić information content (AvgIpc) is 3.49. The highest BCUT2D eigenvalue weighted by Gasteiger charge is 2.38. The maximum Gasteiger partial charge on any atom is 0.182 e. The Morgan fingerprint density at radius 1 is 0.600 bits per heavy atom. The highest BCUT2D eigenvalue weighted by molar-refractivity contribution is 6.09. The number of aromatic nitrogens is 4. The topological polar surface area (TPSA) is 64.7 Å². The molecule has 0 radical (unpaired) electrons. The second-order valence-electron chi connectivity index (χ2n) is 10.7. The number of benzene rings is 4. The van der Waals surface area contributed by atoms with Gasteiger partial charge in [-0.25, -0.2) is 15.0 Å². The van der Waals surface area contributed by atoms with Gasteiger partial charge in [0.2, 0.25) is 0 Å². The highest BCUT2D eigenvalue weighted by Crippen LogP contribution is 2.52. The largest absolute Gasteiger partial charge is 0.456 e. The number of furan rings is 1. The molecular weight excluding hydrogens is 492 g/mol. The second kappa shape index (κ2) is 8.42. The van der Waals surface area contributed by atoms with Crippen molar-refractivity contribution >= 4 is 21.9 Å². The van der Waals surface area contributed by atoms with Crippen LogP contribution >= 0.6 is 0 Å². The van der Waals surface area contributed by atoms with E-state index in [-0.39, 0.29) is 5.41 Å². The van der Waals surface area contributed by atoms with E-state index in [4.69, 9.17) is 19.4 Å². The van der Waals surface area contributed by atoms with Gasteiger partial charge in [-0.1, -0.05) is 86.6 Å². The van der Waals surface area contributed by atoms with Gasteiger partial charge in [0.1, 0.15) is 16.9 Å². The lowest BCUT2D eigenvalue weighted by molar-refractivity contribution is 0.620. The summed E-state index contributed by atoms with van der Waals surface area (Å²) in [6.45, 7) is 4.57. The van der Waals surface area contributed by atoms with Crippen molar-refractivity contribution < 1.29 is 4.42 Å². The monoisotopic (exact) mass is 516 g/mol. The molecule has 1 aliphatic carbocycles. The molecule has 3 heterocycles. The van der Waals surface area contributed by atoms with E-state index in [1.54, 1.807) is 6.20 Å². The molecule has 190 valence electrons. The molecule has 0 atom stereocenters. The molecular formula is C35H24N4O. The molecule has 0 amide bonds. The van der Waals surface area contributed by atoms with Gasteiger partial charge in [0.05, 0.1) is 0 Å². The van der Waals surface area contributed by atoms with Crippen LogP contribution in [0, 0.1) is 0 Å². The third-order valence-corrected chi connectivity index (χ3v) is 7.98. The minimum Gasteiger partial charge on any atom is -0.456 e. The molecule has 0 spiro atoms. The van der Waals surface area contributed by atoms with Gasteiger partial charge in [-0.2, -0.15) is 0 Å². The summed E-state index contributed by atoms with van der Waals surface area (Å²) in [4.78, 5) is 19.0. The van der Waals surface area contributed by atoms with E-state index in [9.17, 15) is 0 Å². The Morgan fingerprint density at radius 2 is 1.32 bits per heavy atom. The molecule has 1 aliphatic rings. The number of pyridine rings is 1. The zero-order valence-corrected chi connectivity index (χ0v) is 22.1. The average molecular weight is 517 g/mol. The molecule has 5 heteroatoms. The van der Waals surface area contributed by atoms with Crippen molar-refractivity contribution in [2.45, 2.75) is 19.3 Å². The molecule has 4 aromatic carbocycles. The van der Waals surface area contributed by atoms with Crippen molar-refractivity contribution in [1.29, 1.82) is 0 Å². The van der Waals surface area contributed by atoms with Gasteiger partial charge in [-0.3, -0.25) is 4.98 Å². The standard InChI is InChI=1S/C35H24N4O/c1-35(2)27-13-7-6-12-23(27)25-17-18-26-24-16-15-22(20-29(24)40-31(26)30(25)35)33-37-32(21-10-4-3-5-11-21)38-34(39-33)28-14-8-9-19-36-28/h3-20H,1-2H3. The predicted octanol–water partition coefficient (Wildman–Crippen LogP) is 8.47. The summed E-state index contributed by atoms with van der Waals surface area (Å²) < 4.78 is 6.67. The molecule has 3 aromatic heterocycles. The van der Waals surface area contributed by atoms with Crippen molar-refractivity contribution in [1.82, 2.24) is 19.9 Å². The van der Waals surface area contributed by atoms with Gasteiger partial charge in [-0.15, -0.1) is 0 Å². The van der Waals surface area contributed by atoms with E-state index in [1.807, 2.05) is 54.6 Å². The number of hydrogen-bond donors (Lipinski definition) is 0. The van der Waals surface area contributed by atoms with E-state index in [2.05, 4.69) is 67.4 Å². The first-order chi connectivity index (χ1) is 19.6. The molecule has 0 aliphatic heterocycles. The molecule has 7 aromatic rings. The van der Waals surface area contributed by atoms with Crippen molar-refractivity contribution in [2.24, 2.45) is 0 Å². The van der Waals surface area contributed by atoms with Gasteiger partial charge in [-0.05, 0) is 47.0 Å². The summed E-state index contributed by atoms with van der Waals surface area (Å²) in [6.07, 6.45) is 1.75. The third-order valence-electron chi connectivity index (χ3n) is 7.98. The van der Waals surface area contributed by atoms with Crippen molar-refractivity contribution in [3.63, 3.8) is 0 Å². The van der Waals surface area contributed by atoms with Gasteiger partial charge in [0.25, 0.3) is 0 Å². The maximum absolute atomic E-state index is 6.67. The second-order valence-corrected chi connectivity index (χ2v) is 10.7. The Morgan fingerprint density at radius 3 is 2.15 bits per heavy atom. The summed E-state index contributed by atoms with van der Waals surface area (Å²) in [5.41, 5.74) is 9.20. The molecule has 0 saturated carbocycles. The number of hydrogen-bond acceptors (Lipinski definition) is 5. The van der Waals surface area contributed by atoms with Crippen LogP contribution in [-0.4, -0.2) is 19.9 Å². The first kappa shape index (κ1) is 22.8. The van der Waals surface area contributed by atoms with Gasteiger partial charge in [0, 0.05) is 39.1 Å². The van der Waals surface area contributed by atoms with Gasteiger partial charge >= 0.3 is 0 Å². The molecule has 0 N–H and O–H groups in total. The van der Waals surface area contributed by atoms with Crippen LogP contribution < -0.4 is 0 Å².